The molecule has 2 aromatic rings. The predicted molar refractivity (Wildman–Crippen MR) is 108 cm³/mol. The van der Waals surface area contributed by atoms with Crippen molar-refractivity contribution in [3.63, 3.8) is 0 Å². The summed E-state index contributed by atoms with van der Waals surface area (Å²) in [5.41, 5.74) is 0.383. The van der Waals surface area contributed by atoms with E-state index in [0.29, 0.717) is 49.0 Å². The van der Waals surface area contributed by atoms with Crippen LogP contribution >= 0.6 is 0 Å². The minimum absolute atomic E-state index is 0.0659. The van der Waals surface area contributed by atoms with Crippen LogP contribution in [0.15, 0.2) is 46.7 Å². The zero-order valence-electron chi connectivity index (χ0n) is 16.8. The van der Waals surface area contributed by atoms with Gasteiger partial charge in [-0.2, -0.15) is 0 Å². The normalized spacial score (nSPS) is 11.1. The molecule has 0 spiro atoms. The minimum atomic E-state index is -0.465. The van der Waals surface area contributed by atoms with Crippen molar-refractivity contribution in [2.45, 2.75) is 13.3 Å². The molecule has 0 aliphatic carbocycles. The smallest absolute Gasteiger partial charge is 0.267 e. The monoisotopic (exact) mass is 402 g/mol. The van der Waals surface area contributed by atoms with Gasteiger partial charge in [-0.15, -0.1) is 0 Å². The molecular formula is C21H26N2O6. The van der Waals surface area contributed by atoms with E-state index in [4.69, 9.17) is 18.6 Å². The zero-order valence-corrected chi connectivity index (χ0v) is 16.8. The van der Waals surface area contributed by atoms with Crippen molar-refractivity contribution in [3.05, 3.63) is 53.6 Å². The Kier molecular flexibility index (Phi) is 8.78. The van der Waals surface area contributed by atoms with Gasteiger partial charge in [0.05, 0.1) is 20.5 Å². The number of methoxy groups -OCH3 is 2. The van der Waals surface area contributed by atoms with Crippen LogP contribution in [0.4, 0.5) is 0 Å². The Morgan fingerprint density at radius 2 is 1.93 bits per heavy atom. The first-order chi connectivity index (χ1) is 14.1. The third kappa shape index (κ3) is 6.69. The first-order valence-corrected chi connectivity index (χ1v) is 9.23. The summed E-state index contributed by atoms with van der Waals surface area (Å²) in [4.78, 5) is 25.3. The number of carbonyl (C=O) groups excluding carboxylic acids is 2. The van der Waals surface area contributed by atoms with E-state index in [1.165, 1.54) is 26.6 Å². The molecule has 2 N–H and O–H groups in total. The van der Waals surface area contributed by atoms with Gasteiger partial charge in [-0.05, 0) is 43.7 Å². The lowest BCUT2D eigenvalue weighted by Crippen LogP contribution is -2.35. The highest BCUT2D eigenvalue weighted by atomic mass is 16.5. The number of benzene rings is 1. The van der Waals surface area contributed by atoms with Gasteiger partial charge in [0.1, 0.15) is 11.5 Å². The molecule has 0 atom stereocenters. The molecule has 0 saturated heterocycles. The van der Waals surface area contributed by atoms with Gasteiger partial charge in [-0.25, -0.2) is 0 Å². The highest BCUT2D eigenvalue weighted by Crippen LogP contribution is 2.27. The first kappa shape index (κ1) is 22.0. The van der Waals surface area contributed by atoms with Gasteiger partial charge in [-0.1, -0.05) is 0 Å². The second-order valence-corrected chi connectivity index (χ2v) is 5.90. The Labute approximate surface area is 169 Å². The molecule has 0 radical (unpaired) electrons. The van der Waals surface area contributed by atoms with Gasteiger partial charge in [0.15, 0.2) is 11.5 Å². The number of carbonyl (C=O) groups is 2. The molecule has 1 aromatic heterocycles. The van der Waals surface area contributed by atoms with Crippen molar-refractivity contribution in [3.8, 4) is 11.5 Å². The van der Waals surface area contributed by atoms with Gasteiger partial charge < -0.3 is 29.3 Å². The zero-order chi connectivity index (χ0) is 21.1. The Balaban J connectivity index is 2.13. The maximum absolute atomic E-state index is 12.7. The first-order valence-electron chi connectivity index (χ1n) is 9.23. The van der Waals surface area contributed by atoms with E-state index in [1.54, 1.807) is 30.3 Å². The van der Waals surface area contributed by atoms with Crippen LogP contribution in [0.2, 0.25) is 0 Å². The third-order valence-electron chi connectivity index (χ3n) is 3.92. The summed E-state index contributed by atoms with van der Waals surface area (Å²) in [6, 6.07) is 8.13. The number of furan rings is 1. The SMILES string of the molecule is CCOCCCNC(=O)/C(=C/c1ccco1)NC(=O)c1ccc(OC)c(OC)c1. The van der Waals surface area contributed by atoms with E-state index >= 15 is 0 Å². The summed E-state index contributed by atoms with van der Waals surface area (Å²) in [6.45, 7) is 3.50. The summed E-state index contributed by atoms with van der Waals surface area (Å²) in [5, 5.41) is 5.40. The molecule has 29 heavy (non-hydrogen) atoms. The van der Waals surface area contributed by atoms with Crippen LogP contribution in [0.5, 0.6) is 11.5 Å². The Bertz CT molecular complexity index is 830. The van der Waals surface area contributed by atoms with Gasteiger partial charge in [0, 0.05) is 31.4 Å². The summed E-state index contributed by atoms with van der Waals surface area (Å²) >= 11 is 0. The fraction of sp³-hybridized carbons (Fsp3) is 0.333. The van der Waals surface area contributed by atoms with Crippen molar-refractivity contribution >= 4 is 17.9 Å². The van der Waals surface area contributed by atoms with Crippen LogP contribution in [-0.4, -0.2) is 45.8 Å². The van der Waals surface area contributed by atoms with Crippen molar-refractivity contribution < 1.29 is 28.2 Å². The Morgan fingerprint density at radius 1 is 1.14 bits per heavy atom. The molecule has 8 nitrogen and oxygen atoms in total. The average molecular weight is 402 g/mol. The molecule has 2 amide bonds. The maximum Gasteiger partial charge on any atom is 0.267 e. The molecule has 2 rings (SSSR count). The lowest BCUT2D eigenvalue weighted by atomic mass is 10.1. The lowest BCUT2D eigenvalue weighted by molar-refractivity contribution is -0.117. The van der Waals surface area contributed by atoms with Crippen LogP contribution in [0, 0.1) is 0 Å². The number of hydrogen-bond acceptors (Lipinski definition) is 6. The van der Waals surface area contributed by atoms with Gasteiger partial charge in [0.25, 0.3) is 11.8 Å². The van der Waals surface area contributed by atoms with Crippen molar-refractivity contribution in [1.82, 2.24) is 10.6 Å². The standard InChI is InChI=1S/C21H26N2O6/c1-4-28-11-6-10-22-21(25)17(14-16-7-5-12-29-16)23-20(24)15-8-9-18(26-2)19(13-15)27-3/h5,7-9,12-14H,4,6,10-11H2,1-3H3,(H,22,25)(H,23,24)/b17-14-. The average Bonchev–Trinajstić information content (AvgIpc) is 3.25. The van der Waals surface area contributed by atoms with Crippen LogP contribution in [0.3, 0.4) is 0 Å². The van der Waals surface area contributed by atoms with Crippen LogP contribution < -0.4 is 20.1 Å². The largest absolute Gasteiger partial charge is 0.493 e. The molecule has 0 aliphatic heterocycles. The second kappa shape index (κ2) is 11.6. The van der Waals surface area contributed by atoms with Crippen molar-refractivity contribution in [1.29, 1.82) is 0 Å². The van der Waals surface area contributed by atoms with E-state index in [1.807, 2.05) is 6.92 Å². The summed E-state index contributed by atoms with van der Waals surface area (Å²) in [6.07, 6.45) is 3.62. The van der Waals surface area contributed by atoms with Crippen LogP contribution in [-0.2, 0) is 9.53 Å². The van der Waals surface area contributed by atoms with E-state index < -0.39 is 11.8 Å². The van der Waals surface area contributed by atoms with Crippen molar-refractivity contribution in [2.24, 2.45) is 0 Å². The molecule has 8 heteroatoms. The fourth-order valence-electron chi connectivity index (χ4n) is 2.46. The number of hydrogen-bond donors (Lipinski definition) is 2. The highest BCUT2D eigenvalue weighted by Gasteiger charge is 2.16. The molecule has 1 aromatic carbocycles. The van der Waals surface area contributed by atoms with E-state index in [0.717, 1.165) is 0 Å². The van der Waals surface area contributed by atoms with Gasteiger partial charge >= 0.3 is 0 Å². The molecule has 1 heterocycles. The lowest BCUT2D eigenvalue weighted by Gasteiger charge is -2.12. The predicted octanol–water partition coefficient (Wildman–Crippen LogP) is 2.61. The summed E-state index contributed by atoms with van der Waals surface area (Å²) in [7, 11) is 3.00. The summed E-state index contributed by atoms with van der Waals surface area (Å²) < 4.78 is 20.9. The molecule has 0 fully saturated rings. The van der Waals surface area contributed by atoms with E-state index in [2.05, 4.69) is 10.6 Å². The van der Waals surface area contributed by atoms with E-state index in [-0.39, 0.29) is 5.70 Å². The van der Waals surface area contributed by atoms with Gasteiger partial charge in [0.2, 0.25) is 0 Å². The van der Waals surface area contributed by atoms with Crippen LogP contribution in [0.1, 0.15) is 29.5 Å². The highest BCUT2D eigenvalue weighted by molar-refractivity contribution is 6.05. The molecule has 156 valence electrons. The number of ether oxygens (including phenoxy) is 3. The fourth-order valence-corrected chi connectivity index (χ4v) is 2.46. The number of rotatable bonds is 11. The molecule has 0 aliphatic rings. The van der Waals surface area contributed by atoms with Crippen LogP contribution in [0.25, 0.3) is 6.08 Å². The van der Waals surface area contributed by atoms with Gasteiger partial charge in [-0.3, -0.25) is 9.59 Å². The minimum Gasteiger partial charge on any atom is -0.493 e. The quantitative estimate of drug-likeness (QED) is 0.443. The number of amides is 2. The second-order valence-electron chi connectivity index (χ2n) is 5.90. The molecular weight excluding hydrogens is 376 g/mol. The Hall–Kier alpha value is -3.26. The Morgan fingerprint density at radius 3 is 2.59 bits per heavy atom. The topological polar surface area (TPSA) is 99.0 Å². The molecule has 0 saturated carbocycles. The molecule has 0 bridgehead atoms. The third-order valence-corrected chi connectivity index (χ3v) is 3.92. The molecule has 0 unspecified atom stereocenters. The summed E-state index contributed by atoms with van der Waals surface area (Å²) in [5.74, 6) is 0.469. The number of nitrogens with one attached hydrogen (secondary N) is 2. The van der Waals surface area contributed by atoms with E-state index in [9.17, 15) is 9.59 Å². The maximum atomic E-state index is 12.7. The van der Waals surface area contributed by atoms with Crippen molar-refractivity contribution in [2.75, 3.05) is 34.0 Å².